The summed E-state index contributed by atoms with van der Waals surface area (Å²) in [5.41, 5.74) is 1.06. The number of hydrogen-bond acceptors (Lipinski definition) is 2. The summed E-state index contributed by atoms with van der Waals surface area (Å²) in [4.78, 5) is 15.7. The van der Waals surface area contributed by atoms with Crippen molar-refractivity contribution in [3.05, 3.63) is 134 Å². The van der Waals surface area contributed by atoms with E-state index in [4.69, 9.17) is 0 Å². The molecule has 1 heterocycles. The quantitative estimate of drug-likeness (QED) is 0.349. The van der Waals surface area contributed by atoms with Crippen molar-refractivity contribution < 1.29 is 4.80 Å². The number of benzene rings is 4. The van der Waals surface area contributed by atoms with Crippen LogP contribution in [-0.2, 0) is 0 Å². The van der Waals surface area contributed by atoms with Crippen molar-refractivity contribution in [1.29, 1.82) is 0 Å². The fourth-order valence-electron chi connectivity index (χ4n) is 3.55. The van der Waals surface area contributed by atoms with Crippen molar-refractivity contribution in [2.45, 2.75) is 0 Å². The molecule has 0 atom stereocenters. The summed E-state index contributed by atoms with van der Waals surface area (Å²) in [5.74, 6) is 0. The summed E-state index contributed by atoms with van der Waals surface area (Å²) < 4.78 is 0. The molecule has 152 valence electrons. The van der Waals surface area contributed by atoms with E-state index in [1.54, 1.807) is 0 Å². The maximum Gasteiger partial charge on any atom is 0.285 e. The third kappa shape index (κ3) is 5.19. The van der Waals surface area contributed by atoms with E-state index >= 15 is 0 Å². The van der Waals surface area contributed by atoms with Gasteiger partial charge in [-0.2, -0.15) is 0 Å². The predicted molar refractivity (Wildman–Crippen MR) is 138 cm³/mol. The number of para-hydroxylation sites is 1. The van der Waals surface area contributed by atoms with E-state index < -0.39 is 8.32 Å². The fourth-order valence-corrected chi connectivity index (χ4v) is 6.58. The Morgan fingerprint density at radius 1 is 0.484 bits per heavy atom. The Hall–Kier alpha value is -3.00. The average molecular weight is 436 g/mol. The first-order valence-electron chi connectivity index (χ1n) is 9.97. The first-order chi connectivity index (χ1) is 14.8. The molecular weight excluding hydrogens is 409 g/mol. The SMILES string of the molecule is O[Si](c1ccccc1)(c1ccccc1)c1ccccc1.[AlH3].c1ccc2ncccc2c1. The maximum absolute atomic E-state index is 11.6. The van der Waals surface area contributed by atoms with Gasteiger partial charge >= 0.3 is 0 Å². The lowest BCUT2D eigenvalue weighted by Crippen LogP contribution is -2.67. The van der Waals surface area contributed by atoms with Crippen molar-refractivity contribution in [2.75, 3.05) is 0 Å². The van der Waals surface area contributed by atoms with E-state index in [-0.39, 0.29) is 17.4 Å². The Kier molecular flexibility index (Phi) is 7.94. The second-order valence-electron chi connectivity index (χ2n) is 7.00. The monoisotopic (exact) mass is 435 g/mol. The zero-order valence-electron chi connectivity index (χ0n) is 16.6. The van der Waals surface area contributed by atoms with Gasteiger partial charge in [0.25, 0.3) is 8.32 Å². The number of fused-ring (bicyclic) bond motifs is 1. The predicted octanol–water partition coefficient (Wildman–Crippen LogP) is 2.70. The first kappa shape index (κ1) is 22.7. The highest BCUT2D eigenvalue weighted by Gasteiger charge is 2.37. The highest BCUT2D eigenvalue weighted by atomic mass is 28.4. The van der Waals surface area contributed by atoms with Gasteiger partial charge in [0.05, 0.1) is 5.52 Å². The van der Waals surface area contributed by atoms with Crippen LogP contribution in [0.3, 0.4) is 0 Å². The van der Waals surface area contributed by atoms with Crippen LogP contribution in [0.4, 0.5) is 0 Å². The Morgan fingerprint density at radius 3 is 1.32 bits per heavy atom. The molecule has 0 unspecified atom stereocenters. The molecule has 0 aliphatic heterocycles. The minimum atomic E-state index is -2.88. The van der Waals surface area contributed by atoms with Crippen LogP contribution >= 0.6 is 0 Å². The second-order valence-corrected chi connectivity index (χ2v) is 10.2. The van der Waals surface area contributed by atoms with Gasteiger partial charge in [0.1, 0.15) is 0 Å². The largest absolute Gasteiger partial charge is 0.421 e. The highest BCUT2D eigenvalue weighted by molar-refractivity contribution is 7.06. The molecule has 1 N–H and O–H groups in total. The Bertz CT molecular complexity index is 1040. The zero-order valence-corrected chi connectivity index (χ0v) is 17.6. The molecule has 0 radical (unpaired) electrons. The molecule has 31 heavy (non-hydrogen) atoms. The summed E-state index contributed by atoms with van der Waals surface area (Å²) in [6.07, 6.45) is 1.81. The summed E-state index contributed by atoms with van der Waals surface area (Å²) >= 11 is 0. The third-order valence-electron chi connectivity index (χ3n) is 5.09. The van der Waals surface area contributed by atoms with Crippen LogP contribution in [0.2, 0.25) is 0 Å². The lowest BCUT2D eigenvalue weighted by Gasteiger charge is -2.26. The third-order valence-corrected chi connectivity index (χ3v) is 8.59. The lowest BCUT2D eigenvalue weighted by molar-refractivity contribution is 0.583. The van der Waals surface area contributed by atoms with E-state index in [1.165, 1.54) is 5.39 Å². The number of pyridine rings is 1. The topological polar surface area (TPSA) is 33.1 Å². The fraction of sp³-hybridized carbons (Fsp3) is 0. The van der Waals surface area contributed by atoms with Gasteiger partial charge in [-0.25, -0.2) is 0 Å². The Labute approximate surface area is 195 Å². The van der Waals surface area contributed by atoms with Gasteiger partial charge in [-0.1, -0.05) is 115 Å². The normalized spacial score (nSPS) is 10.5. The summed E-state index contributed by atoms with van der Waals surface area (Å²) in [6.45, 7) is 0. The average Bonchev–Trinajstić information content (AvgIpc) is 2.86. The summed E-state index contributed by atoms with van der Waals surface area (Å²) in [6, 6.07) is 42.1. The Morgan fingerprint density at radius 2 is 0.871 bits per heavy atom. The van der Waals surface area contributed by atoms with Crippen molar-refractivity contribution in [3.63, 3.8) is 0 Å². The van der Waals surface area contributed by atoms with E-state index in [0.717, 1.165) is 21.1 Å². The van der Waals surface area contributed by atoms with Crippen LogP contribution in [0.5, 0.6) is 0 Å². The lowest BCUT2D eigenvalue weighted by atomic mass is 10.2. The highest BCUT2D eigenvalue weighted by Crippen LogP contribution is 2.08. The van der Waals surface area contributed by atoms with Crippen molar-refractivity contribution in [3.8, 4) is 0 Å². The minimum absolute atomic E-state index is 0. The molecule has 2 nitrogen and oxygen atoms in total. The molecule has 0 saturated heterocycles. The molecule has 4 heteroatoms. The minimum Gasteiger partial charge on any atom is -0.421 e. The number of nitrogens with zero attached hydrogens (tertiary/aromatic N) is 1. The molecule has 0 saturated carbocycles. The van der Waals surface area contributed by atoms with Crippen molar-refractivity contribution >= 4 is 52.1 Å². The molecule has 1 aromatic heterocycles. The molecule has 0 spiro atoms. The van der Waals surface area contributed by atoms with Gasteiger partial charge in [0.2, 0.25) is 0 Å². The second kappa shape index (κ2) is 10.9. The molecule has 0 aliphatic rings. The molecule has 0 amide bonds. The van der Waals surface area contributed by atoms with Crippen LogP contribution in [0, 0.1) is 0 Å². The van der Waals surface area contributed by atoms with E-state index in [0.29, 0.717) is 0 Å². The van der Waals surface area contributed by atoms with Crippen LogP contribution in [-0.4, -0.2) is 35.5 Å². The summed E-state index contributed by atoms with van der Waals surface area (Å²) in [5, 5.41) is 4.23. The molecule has 0 bridgehead atoms. The number of aromatic nitrogens is 1. The van der Waals surface area contributed by atoms with E-state index in [1.807, 2.05) is 121 Å². The van der Waals surface area contributed by atoms with Gasteiger partial charge in [-0.05, 0) is 27.7 Å². The number of hydrogen-bond donors (Lipinski definition) is 1. The van der Waals surface area contributed by atoms with Crippen LogP contribution in [0.1, 0.15) is 0 Å². The van der Waals surface area contributed by atoms with Gasteiger partial charge in [0.15, 0.2) is 17.4 Å². The maximum atomic E-state index is 11.6. The van der Waals surface area contributed by atoms with Crippen molar-refractivity contribution in [1.82, 2.24) is 4.98 Å². The van der Waals surface area contributed by atoms with Gasteiger partial charge < -0.3 is 4.80 Å². The zero-order chi connectivity index (χ0) is 20.7. The summed E-state index contributed by atoms with van der Waals surface area (Å²) in [7, 11) is -2.88. The first-order valence-corrected chi connectivity index (χ1v) is 11.9. The Balaban J connectivity index is 0.000000208. The molecular formula is C27H26AlNOSi. The smallest absolute Gasteiger partial charge is 0.285 e. The van der Waals surface area contributed by atoms with Gasteiger partial charge in [-0.15, -0.1) is 0 Å². The molecule has 5 aromatic rings. The standard InChI is InChI=1S/C18H16OSi.C9H7N.Al.3H/c19-20(16-10-4-1-5-11-16,17-12-6-2-7-13-17)18-14-8-3-9-15-18;1-2-6-9-8(4-1)5-3-7-10-9;;;;/h1-15,19H;1-7H;;;;. The van der Waals surface area contributed by atoms with Crippen LogP contribution in [0.15, 0.2) is 134 Å². The van der Waals surface area contributed by atoms with Crippen LogP contribution in [0.25, 0.3) is 10.9 Å². The van der Waals surface area contributed by atoms with E-state index in [9.17, 15) is 4.80 Å². The molecule has 5 rings (SSSR count). The number of rotatable bonds is 3. The van der Waals surface area contributed by atoms with Crippen LogP contribution < -0.4 is 15.6 Å². The van der Waals surface area contributed by atoms with Gasteiger partial charge in [-0.3, -0.25) is 4.98 Å². The molecule has 4 aromatic carbocycles. The molecule has 0 aliphatic carbocycles. The molecule has 0 fully saturated rings. The van der Waals surface area contributed by atoms with E-state index in [2.05, 4.69) is 17.1 Å². The van der Waals surface area contributed by atoms with Gasteiger partial charge in [0, 0.05) is 11.6 Å². The van der Waals surface area contributed by atoms with Crippen molar-refractivity contribution in [2.24, 2.45) is 0 Å².